The Morgan fingerprint density at radius 1 is 1.41 bits per heavy atom. The second-order valence-electron chi connectivity index (χ2n) is 5.27. The summed E-state index contributed by atoms with van der Waals surface area (Å²) in [5, 5.41) is 8.85. The molecule has 0 radical (unpaired) electrons. The van der Waals surface area contributed by atoms with E-state index in [1.165, 1.54) is 25.7 Å². The van der Waals surface area contributed by atoms with E-state index >= 15 is 0 Å². The van der Waals surface area contributed by atoms with Gasteiger partial charge in [-0.15, -0.1) is 0 Å². The highest BCUT2D eigenvalue weighted by molar-refractivity contribution is 5.79. The average molecular weight is 235 g/mol. The Morgan fingerprint density at radius 2 is 2.12 bits per heavy atom. The van der Waals surface area contributed by atoms with Crippen molar-refractivity contribution in [1.29, 1.82) is 5.26 Å². The fourth-order valence-corrected chi connectivity index (χ4v) is 2.84. The maximum Gasteiger partial charge on any atom is 0.236 e. The first-order valence-electron chi connectivity index (χ1n) is 6.62. The predicted octanol–water partition coefficient (Wildman–Crippen LogP) is 1.23. The molecule has 1 amide bonds. The van der Waals surface area contributed by atoms with E-state index < -0.39 is 0 Å². The van der Waals surface area contributed by atoms with Crippen LogP contribution in [0.1, 0.15) is 32.6 Å². The smallest absolute Gasteiger partial charge is 0.236 e. The van der Waals surface area contributed by atoms with Gasteiger partial charge < -0.3 is 4.90 Å². The molecule has 1 aliphatic carbocycles. The van der Waals surface area contributed by atoms with Crippen LogP contribution < -0.4 is 0 Å². The van der Waals surface area contributed by atoms with Crippen molar-refractivity contribution >= 4 is 5.91 Å². The molecule has 94 valence electrons. The van der Waals surface area contributed by atoms with Crippen LogP contribution in [0.3, 0.4) is 0 Å². The number of amides is 1. The highest BCUT2D eigenvalue weighted by Gasteiger charge is 2.29. The summed E-state index contributed by atoms with van der Waals surface area (Å²) in [4.78, 5) is 16.0. The number of carbonyl (C=O) groups excluding carboxylic acids is 1. The monoisotopic (exact) mass is 235 g/mol. The summed E-state index contributed by atoms with van der Waals surface area (Å²) in [6.45, 7) is 4.85. The average Bonchev–Trinajstić information content (AvgIpc) is 2.83. The number of nitriles is 1. The molecular formula is C13H21N3O. The van der Waals surface area contributed by atoms with Crippen LogP contribution in [0.4, 0.5) is 0 Å². The molecule has 0 spiro atoms. The van der Waals surface area contributed by atoms with Crippen LogP contribution in [0.2, 0.25) is 0 Å². The van der Waals surface area contributed by atoms with Gasteiger partial charge in [0.2, 0.25) is 5.91 Å². The standard InChI is InChI=1S/C13H21N3O/c1-11(8-14)15-6-7-16(13(17)10-15)9-12-4-2-3-5-12/h11-12H,2-7,9-10H2,1H3/t11-/m0/s1. The number of rotatable bonds is 3. The highest BCUT2D eigenvalue weighted by atomic mass is 16.2. The van der Waals surface area contributed by atoms with Crippen molar-refractivity contribution in [1.82, 2.24) is 9.80 Å². The van der Waals surface area contributed by atoms with Crippen LogP contribution in [0.25, 0.3) is 0 Å². The van der Waals surface area contributed by atoms with E-state index in [1.54, 1.807) is 0 Å². The van der Waals surface area contributed by atoms with Crippen molar-refractivity contribution in [3.8, 4) is 6.07 Å². The van der Waals surface area contributed by atoms with Crippen LogP contribution in [0.15, 0.2) is 0 Å². The molecule has 4 heteroatoms. The van der Waals surface area contributed by atoms with Gasteiger partial charge in [-0.1, -0.05) is 12.8 Å². The molecule has 0 aromatic carbocycles. The molecule has 17 heavy (non-hydrogen) atoms. The first-order chi connectivity index (χ1) is 8.20. The quantitative estimate of drug-likeness (QED) is 0.739. The summed E-state index contributed by atoms with van der Waals surface area (Å²) >= 11 is 0. The van der Waals surface area contributed by atoms with Gasteiger partial charge in [0.05, 0.1) is 18.7 Å². The van der Waals surface area contributed by atoms with Crippen molar-refractivity contribution < 1.29 is 4.79 Å². The molecule has 1 saturated heterocycles. The molecule has 1 heterocycles. The molecule has 1 atom stereocenters. The molecule has 0 unspecified atom stereocenters. The van der Waals surface area contributed by atoms with E-state index in [-0.39, 0.29) is 11.9 Å². The van der Waals surface area contributed by atoms with Crippen molar-refractivity contribution in [3.63, 3.8) is 0 Å². The lowest BCUT2D eigenvalue weighted by Gasteiger charge is -2.36. The number of piperazine rings is 1. The van der Waals surface area contributed by atoms with Gasteiger partial charge in [0, 0.05) is 19.6 Å². The third-order valence-corrected chi connectivity index (χ3v) is 4.04. The zero-order valence-corrected chi connectivity index (χ0v) is 10.6. The van der Waals surface area contributed by atoms with E-state index in [0.29, 0.717) is 6.54 Å². The molecule has 2 rings (SSSR count). The summed E-state index contributed by atoms with van der Waals surface area (Å²) in [6, 6.07) is 2.05. The number of nitrogens with zero attached hydrogens (tertiary/aromatic N) is 3. The zero-order valence-electron chi connectivity index (χ0n) is 10.6. The van der Waals surface area contributed by atoms with E-state index in [4.69, 9.17) is 5.26 Å². The Labute approximate surface area is 103 Å². The third-order valence-electron chi connectivity index (χ3n) is 4.04. The van der Waals surface area contributed by atoms with E-state index in [9.17, 15) is 4.79 Å². The van der Waals surface area contributed by atoms with Gasteiger partial charge in [0.1, 0.15) is 0 Å². The largest absolute Gasteiger partial charge is 0.340 e. The lowest BCUT2D eigenvalue weighted by Crippen LogP contribution is -2.53. The summed E-state index contributed by atoms with van der Waals surface area (Å²) in [7, 11) is 0. The van der Waals surface area contributed by atoms with E-state index in [2.05, 4.69) is 6.07 Å². The first kappa shape index (κ1) is 12.4. The summed E-state index contributed by atoms with van der Waals surface area (Å²) in [5.41, 5.74) is 0. The van der Waals surface area contributed by atoms with Crippen molar-refractivity contribution in [2.24, 2.45) is 5.92 Å². The molecule has 0 aromatic rings. The summed E-state index contributed by atoms with van der Waals surface area (Å²) in [6.07, 6.45) is 5.21. The molecule has 2 fully saturated rings. The van der Waals surface area contributed by atoms with Crippen LogP contribution in [0, 0.1) is 17.2 Å². The lowest BCUT2D eigenvalue weighted by molar-refractivity contribution is -0.137. The Bertz CT molecular complexity index is 317. The fraction of sp³-hybridized carbons (Fsp3) is 0.846. The molecule has 0 aromatic heterocycles. The Morgan fingerprint density at radius 3 is 2.71 bits per heavy atom. The third kappa shape index (κ3) is 2.98. The molecule has 4 nitrogen and oxygen atoms in total. The molecular weight excluding hydrogens is 214 g/mol. The van der Waals surface area contributed by atoms with Gasteiger partial charge >= 0.3 is 0 Å². The maximum atomic E-state index is 12.0. The molecule has 2 aliphatic rings. The van der Waals surface area contributed by atoms with Gasteiger partial charge in [-0.05, 0) is 25.7 Å². The number of carbonyl (C=O) groups is 1. The maximum absolute atomic E-state index is 12.0. The van der Waals surface area contributed by atoms with E-state index in [0.717, 1.165) is 25.6 Å². The fourth-order valence-electron chi connectivity index (χ4n) is 2.84. The van der Waals surface area contributed by atoms with Gasteiger partial charge in [-0.3, -0.25) is 9.69 Å². The first-order valence-corrected chi connectivity index (χ1v) is 6.62. The van der Waals surface area contributed by atoms with Crippen LogP contribution >= 0.6 is 0 Å². The second kappa shape index (κ2) is 5.50. The SMILES string of the molecule is C[C@@H](C#N)N1CCN(CC2CCCC2)C(=O)C1. The highest BCUT2D eigenvalue weighted by Crippen LogP contribution is 2.26. The summed E-state index contributed by atoms with van der Waals surface area (Å²) < 4.78 is 0. The van der Waals surface area contributed by atoms with Gasteiger partial charge in [0.25, 0.3) is 0 Å². The molecule has 0 N–H and O–H groups in total. The van der Waals surface area contributed by atoms with Crippen molar-refractivity contribution in [3.05, 3.63) is 0 Å². The number of hydrogen-bond acceptors (Lipinski definition) is 3. The minimum atomic E-state index is -0.146. The molecule has 1 saturated carbocycles. The van der Waals surface area contributed by atoms with Crippen molar-refractivity contribution in [2.45, 2.75) is 38.6 Å². The molecule has 0 bridgehead atoms. The molecule has 1 aliphatic heterocycles. The van der Waals surface area contributed by atoms with Crippen molar-refractivity contribution in [2.75, 3.05) is 26.2 Å². The minimum Gasteiger partial charge on any atom is -0.340 e. The Balaban J connectivity index is 1.83. The normalized spacial score (nSPS) is 24.9. The lowest BCUT2D eigenvalue weighted by atomic mass is 10.1. The van der Waals surface area contributed by atoms with Gasteiger partial charge in [-0.2, -0.15) is 5.26 Å². The zero-order chi connectivity index (χ0) is 12.3. The van der Waals surface area contributed by atoms with E-state index in [1.807, 2.05) is 16.7 Å². The van der Waals surface area contributed by atoms with Crippen LogP contribution in [-0.2, 0) is 4.79 Å². The van der Waals surface area contributed by atoms with Gasteiger partial charge in [-0.25, -0.2) is 0 Å². The van der Waals surface area contributed by atoms with Gasteiger partial charge in [0.15, 0.2) is 0 Å². The topological polar surface area (TPSA) is 47.3 Å². The van der Waals surface area contributed by atoms with Crippen LogP contribution in [-0.4, -0.2) is 47.9 Å². The second-order valence-corrected chi connectivity index (χ2v) is 5.27. The Hall–Kier alpha value is -1.08. The van der Waals surface area contributed by atoms with Crippen LogP contribution in [0.5, 0.6) is 0 Å². The number of hydrogen-bond donors (Lipinski definition) is 0. The minimum absolute atomic E-state index is 0.146. The summed E-state index contributed by atoms with van der Waals surface area (Å²) in [5.74, 6) is 0.921. The Kier molecular flexibility index (Phi) is 4.01. The predicted molar refractivity (Wildman–Crippen MR) is 65.2 cm³/mol.